The van der Waals surface area contributed by atoms with Gasteiger partial charge in [0.1, 0.15) is 0 Å². The van der Waals surface area contributed by atoms with E-state index in [2.05, 4.69) is 37.7 Å². The van der Waals surface area contributed by atoms with E-state index in [1.54, 1.807) is 4.68 Å². The normalized spacial score (nSPS) is 18.3. The van der Waals surface area contributed by atoms with Crippen LogP contribution in [0, 0.1) is 0 Å². The van der Waals surface area contributed by atoms with Crippen LogP contribution in [0.5, 0.6) is 0 Å². The maximum Gasteiger partial charge on any atom is 0.280 e. The third-order valence-electron chi connectivity index (χ3n) is 4.60. The Morgan fingerprint density at radius 1 is 1.38 bits per heavy atom. The molecule has 3 heterocycles. The van der Waals surface area contributed by atoms with E-state index in [-0.39, 0.29) is 6.04 Å². The molecule has 1 aromatic carbocycles. The Labute approximate surface area is 156 Å². The summed E-state index contributed by atoms with van der Waals surface area (Å²) in [6.45, 7) is 4.75. The number of benzene rings is 1. The molecule has 0 spiro atoms. The maximum absolute atomic E-state index is 6.10. The lowest BCUT2D eigenvalue weighted by Crippen LogP contribution is -2.44. The highest BCUT2D eigenvalue weighted by atomic mass is 35.5. The van der Waals surface area contributed by atoms with E-state index < -0.39 is 0 Å². The number of piperazine rings is 1. The third-order valence-corrected chi connectivity index (χ3v) is 4.84. The van der Waals surface area contributed by atoms with Crippen LogP contribution in [0.3, 0.4) is 0 Å². The van der Waals surface area contributed by atoms with E-state index in [0.29, 0.717) is 22.4 Å². The van der Waals surface area contributed by atoms with Gasteiger partial charge < -0.3 is 9.84 Å². The molecule has 1 saturated heterocycles. The van der Waals surface area contributed by atoms with Crippen LogP contribution in [0.1, 0.15) is 24.5 Å². The second kappa shape index (κ2) is 7.14. The molecule has 8 nitrogen and oxygen atoms in total. The summed E-state index contributed by atoms with van der Waals surface area (Å²) in [5.74, 6) is 1.05. The van der Waals surface area contributed by atoms with Gasteiger partial charge in [-0.3, -0.25) is 4.90 Å². The van der Waals surface area contributed by atoms with Crippen LogP contribution < -0.4 is 5.32 Å². The Hall–Kier alpha value is -2.29. The van der Waals surface area contributed by atoms with Gasteiger partial charge in [0.05, 0.1) is 17.4 Å². The van der Waals surface area contributed by atoms with Crippen LogP contribution in [0.15, 0.2) is 28.8 Å². The van der Waals surface area contributed by atoms with Crippen LogP contribution in [0.2, 0.25) is 5.02 Å². The van der Waals surface area contributed by atoms with Crippen molar-refractivity contribution in [1.29, 1.82) is 0 Å². The number of halogens is 1. The molecule has 3 aromatic rings. The minimum Gasteiger partial charge on any atom is -0.332 e. The maximum atomic E-state index is 6.10. The van der Waals surface area contributed by atoms with Crippen LogP contribution in [0.4, 0.5) is 0 Å². The van der Waals surface area contributed by atoms with Crippen LogP contribution >= 0.6 is 11.6 Å². The Morgan fingerprint density at radius 3 is 3.04 bits per heavy atom. The SMILES string of the molecule is CCc1c(-c2nc(C3CNCCN3C)no2)nnn1-c1cccc(Cl)c1. The van der Waals surface area contributed by atoms with E-state index in [9.17, 15) is 0 Å². The molecule has 1 fully saturated rings. The first kappa shape index (κ1) is 17.1. The average molecular weight is 374 g/mol. The second-order valence-corrected chi connectivity index (χ2v) is 6.72. The van der Waals surface area contributed by atoms with E-state index in [1.165, 1.54) is 0 Å². The van der Waals surface area contributed by atoms with Crippen molar-refractivity contribution >= 4 is 11.6 Å². The topological polar surface area (TPSA) is 84.9 Å². The molecule has 0 bridgehead atoms. The number of aromatic nitrogens is 5. The molecule has 136 valence electrons. The van der Waals surface area contributed by atoms with Gasteiger partial charge in [0, 0.05) is 24.7 Å². The standard InChI is InChI=1S/C17H20ClN7O/c1-3-13-15(21-23-25(13)12-6-4-5-11(18)9-12)17-20-16(22-26-17)14-10-19-7-8-24(14)2/h4-6,9,14,19H,3,7-8,10H2,1-2H3. The Morgan fingerprint density at radius 2 is 2.27 bits per heavy atom. The molecule has 1 atom stereocenters. The van der Waals surface area contributed by atoms with Crippen molar-refractivity contribution in [3.63, 3.8) is 0 Å². The highest BCUT2D eigenvalue weighted by Crippen LogP contribution is 2.26. The zero-order valence-electron chi connectivity index (χ0n) is 14.7. The van der Waals surface area contributed by atoms with E-state index >= 15 is 0 Å². The lowest BCUT2D eigenvalue weighted by molar-refractivity contribution is 0.190. The highest BCUT2D eigenvalue weighted by molar-refractivity contribution is 6.30. The van der Waals surface area contributed by atoms with Crippen molar-refractivity contribution in [2.75, 3.05) is 26.7 Å². The lowest BCUT2D eigenvalue weighted by Gasteiger charge is -2.30. The predicted octanol–water partition coefficient (Wildman–Crippen LogP) is 2.11. The first-order chi connectivity index (χ1) is 12.7. The van der Waals surface area contributed by atoms with Gasteiger partial charge in [-0.1, -0.05) is 35.0 Å². The molecule has 1 aliphatic heterocycles. The first-order valence-electron chi connectivity index (χ1n) is 8.63. The van der Waals surface area contributed by atoms with Gasteiger partial charge in [-0.2, -0.15) is 4.98 Å². The van der Waals surface area contributed by atoms with Crippen molar-refractivity contribution in [3.8, 4) is 17.3 Å². The molecule has 9 heteroatoms. The van der Waals surface area contributed by atoms with Gasteiger partial charge in [-0.05, 0) is 31.7 Å². The van der Waals surface area contributed by atoms with Crippen LogP contribution in [0.25, 0.3) is 17.3 Å². The number of likely N-dealkylation sites (N-methyl/N-ethyl adjacent to an activating group) is 1. The van der Waals surface area contributed by atoms with Crippen LogP contribution in [-0.2, 0) is 6.42 Å². The molecule has 26 heavy (non-hydrogen) atoms. The molecule has 0 aliphatic carbocycles. The number of rotatable bonds is 4. The summed E-state index contributed by atoms with van der Waals surface area (Å²) in [6, 6.07) is 7.59. The summed E-state index contributed by atoms with van der Waals surface area (Å²) in [5.41, 5.74) is 2.36. The van der Waals surface area contributed by atoms with Crippen molar-refractivity contribution in [2.45, 2.75) is 19.4 Å². The minimum atomic E-state index is 0.0919. The van der Waals surface area contributed by atoms with Crippen molar-refractivity contribution in [3.05, 3.63) is 40.8 Å². The highest BCUT2D eigenvalue weighted by Gasteiger charge is 2.27. The fourth-order valence-corrected chi connectivity index (χ4v) is 3.35. The Balaban J connectivity index is 1.69. The van der Waals surface area contributed by atoms with Crippen LogP contribution in [-0.4, -0.2) is 56.7 Å². The summed E-state index contributed by atoms with van der Waals surface area (Å²) in [5, 5.41) is 16.7. The number of nitrogens with one attached hydrogen (secondary N) is 1. The van der Waals surface area contributed by atoms with Crippen molar-refractivity contribution < 1.29 is 4.52 Å². The molecule has 0 saturated carbocycles. The van der Waals surface area contributed by atoms with Crippen molar-refractivity contribution in [1.82, 2.24) is 35.4 Å². The van der Waals surface area contributed by atoms with E-state index in [0.717, 1.165) is 37.4 Å². The Kier molecular flexibility index (Phi) is 4.71. The van der Waals surface area contributed by atoms with Gasteiger partial charge in [0.2, 0.25) is 0 Å². The molecular weight excluding hydrogens is 354 g/mol. The summed E-state index contributed by atoms with van der Waals surface area (Å²) in [6.07, 6.45) is 0.720. The molecule has 1 aliphatic rings. The molecule has 1 N–H and O–H groups in total. The summed E-state index contributed by atoms with van der Waals surface area (Å²) >= 11 is 6.10. The quantitative estimate of drug-likeness (QED) is 0.749. The first-order valence-corrected chi connectivity index (χ1v) is 9.00. The molecular formula is C17H20ClN7O. The van der Waals surface area contributed by atoms with E-state index in [1.807, 2.05) is 31.2 Å². The van der Waals surface area contributed by atoms with Gasteiger partial charge >= 0.3 is 0 Å². The van der Waals surface area contributed by atoms with Crippen molar-refractivity contribution in [2.24, 2.45) is 0 Å². The van der Waals surface area contributed by atoms with Gasteiger partial charge in [0.15, 0.2) is 11.5 Å². The molecule has 4 rings (SSSR count). The average Bonchev–Trinajstić information content (AvgIpc) is 3.28. The van der Waals surface area contributed by atoms with Gasteiger partial charge in [-0.15, -0.1) is 5.10 Å². The monoisotopic (exact) mass is 373 g/mol. The third kappa shape index (κ3) is 3.11. The number of nitrogens with zero attached hydrogens (tertiary/aromatic N) is 6. The lowest BCUT2D eigenvalue weighted by atomic mass is 10.2. The smallest absolute Gasteiger partial charge is 0.280 e. The molecule has 1 unspecified atom stereocenters. The second-order valence-electron chi connectivity index (χ2n) is 6.29. The zero-order chi connectivity index (χ0) is 18.1. The number of hydrogen-bond donors (Lipinski definition) is 1. The Bertz CT molecular complexity index is 906. The summed E-state index contributed by atoms with van der Waals surface area (Å²) in [7, 11) is 2.06. The molecule has 2 aromatic heterocycles. The van der Waals surface area contributed by atoms with Gasteiger partial charge in [-0.25, -0.2) is 4.68 Å². The largest absolute Gasteiger partial charge is 0.332 e. The molecule has 0 radical (unpaired) electrons. The fraction of sp³-hybridized carbons (Fsp3) is 0.412. The predicted molar refractivity (Wildman–Crippen MR) is 97.3 cm³/mol. The zero-order valence-corrected chi connectivity index (χ0v) is 15.4. The van der Waals surface area contributed by atoms with E-state index in [4.69, 9.17) is 16.1 Å². The summed E-state index contributed by atoms with van der Waals surface area (Å²) < 4.78 is 7.27. The summed E-state index contributed by atoms with van der Waals surface area (Å²) in [4.78, 5) is 6.80. The molecule has 0 amide bonds. The minimum absolute atomic E-state index is 0.0919. The fourth-order valence-electron chi connectivity index (χ4n) is 3.16. The van der Waals surface area contributed by atoms with Gasteiger partial charge in [0.25, 0.3) is 5.89 Å². The number of hydrogen-bond acceptors (Lipinski definition) is 7.